The van der Waals surface area contributed by atoms with Crippen LogP contribution in [0.3, 0.4) is 0 Å². The Hall–Kier alpha value is -1.85. The fourth-order valence-electron chi connectivity index (χ4n) is 1.61. The summed E-state index contributed by atoms with van der Waals surface area (Å²) in [6, 6.07) is 1.75. The van der Waals surface area contributed by atoms with Crippen molar-refractivity contribution >= 4 is 11.9 Å². The van der Waals surface area contributed by atoms with Gasteiger partial charge < -0.3 is 9.64 Å². The molecule has 0 spiro atoms. The number of aromatic nitrogens is 2. The summed E-state index contributed by atoms with van der Waals surface area (Å²) >= 11 is 0. The van der Waals surface area contributed by atoms with E-state index in [-0.39, 0.29) is 12.5 Å². The summed E-state index contributed by atoms with van der Waals surface area (Å²) in [4.78, 5) is 24.9. The Bertz CT molecular complexity index is 440. The molecule has 0 atom stereocenters. The Kier molecular flexibility index (Phi) is 4.88. The zero-order chi connectivity index (χ0) is 13.7. The Balaban J connectivity index is 2.89. The van der Waals surface area contributed by atoms with Crippen LogP contribution in [-0.2, 0) is 23.0 Å². The third kappa shape index (κ3) is 3.09. The van der Waals surface area contributed by atoms with E-state index in [4.69, 9.17) is 0 Å². The van der Waals surface area contributed by atoms with Crippen molar-refractivity contribution in [3.05, 3.63) is 17.5 Å². The molecule has 1 amide bonds. The van der Waals surface area contributed by atoms with Gasteiger partial charge in [0.2, 0.25) is 0 Å². The molecule has 0 fully saturated rings. The second kappa shape index (κ2) is 6.18. The third-order valence-corrected chi connectivity index (χ3v) is 2.73. The van der Waals surface area contributed by atoms with E-state index in [1.165, 1.54) is 12.0 Å². The minimum atomic E-state index is -0.428. The van der Waals surface area contributed by atoms with Crippen LogP contribution in [0.5, 0.6) is 0 Å². The smallest absolute Gasteiger partial charge is 0.325 e. The molecule has 0 aliphatic rings. The maximum Gasteiger partial charge on any atom is 0.325 e. The van der Waals surface area contributed by atoms with Gasteiger partial charge in [0.1, 0.15) is 12.2 Å². The molecule has 0 bridgehead atoms. The molecule has 0 radical (unpaired) electrons. The van der Waals surface area contributed by atoms with E-state index in [0.717, 1.165) is 12.1 Å². The predicted octanol–water partition coefficient (Wildman–Crippen LogP) is 0.618. The summed E-state index contributed by atoms with van der Waals surface area (Å²) in [6.45, 7) is 4.19. The molecule has 6 heteroatoms. The van der Waals surface area contributed by atoms with Crippen molar-refractivity contribution in [2.75, 3.05) is 20.2 Å². The summed E-state index contributed by atoms with van der Waals surface area (Å²) < 4.78 is 6.11. The van der Waals surface area contributed by atoms with Crippen LogP contribution in [0.1, 0.15) is 30.0 Å². The van der Waals surface area contributed by atoms with Gasteiger partial charge in [0.25, 0.3) is 5.91 Å². The van der Waals surface area contributed by atoms with E-state index in [0.29, 0.717) is 12.2 Å². The molecule has 0 aromatic carbocycles. The Morgan fingerprint density at radius 1 is 1.44 bits per heavy atom. The maximum absolute atomic E-state index is 12.2. The highest BCUT2D eigenvalue weighted by Gasteiger charge is 2.21. The molecule has 1 aromatic rings. The first-order chi connectivity index (χ1) is 8.53. The molecule has 0 saturated heterocycles. The monoisotopic (exact) mass is 253 g/mol. The van der Waals surface area contributed by atoms with Gasteiger partial charge in [-0.3, -0.25) is 14.3 Å². The molecule has 100 valence electrons. The second-order valence-electron chi connectivity index (χ2n) is 3.89. The van der Waals surface area contributed by atoms with Crippen LogP contribution in [0.2, 0.25) is 0 Å². The van der Waals surface area contributed by atoms with Crippen molar-refractivity contribution in [1.82, 2.24) is 14.7 Å². The van der Waals surface area contributed by atoms with Crippen molar-refractivity contribution in [1.29, 1.82) is 0 Å². The fraction of sp³-hybridized carbons (Fsp3) is 0.583. The van der Waals surface area contributed by atoms with Crippen LogP contribution in [0, 0.1) is 0 Å². The first-order valence-electron chi connectivity index (χ1n) is 5.92. The number of carbonyl (C=O) groups is 2. The number of methoxy groups -OCH3 is 1. The number of ether oxygens (including phenoxy) is 1. The number of nitrogens with zero attached hydrogens (tertiary/aromatic N) is 3. The molecule has 0 aliphatic heterocycles. The summed E-state index contributed by atoms with van der Waals surface area (Å²) in [6.07, 6.45) is 0.768. The number of hydrogen-bond acceptors (Lipinski definition) is 4. The van der Waals surface area contributed by atoms with Gasteiger partial charge in [0.05, 0.1) is 12.8 Å². The average molecular weight is 253 g/mol. The molecule has 1 rings (SSSR count). The highest BCUT2D eigenvalue weighted by molar-refractivity contribution is 5.94. The lowest BCUT2D eigenvalue weighted by Crippen LogP contribution is -2.37. The molecular formula is C12H19N3O3. The number of hydrogen-bond donors (Lipinski definition) is 0. The molecule has 6 nitrogen and oxygen atoms in total. The lowest BCUT2D eigenvalue weighted by Gasteiger charge is -2.19. The van der Waals surface area contributed by atoms with Gasteiger partial charge in [-0.05, 0) is 19.4 Å². The predicted molar refractivity (Wildman–Crippen MR) is 66.2 cm³/mol. The van der Waals surface area contributed by atoms with Crippen LogP contribution in [0.15, 0.2) is 6.07 Å². The van der Waals surface area contributed by atoms with Gasteiger partial charge in [0, 0.05) is 13.6 Å². The zero-order valence-corrected chi connectivity index (χ0v) is 11.3. The molecular weight excluding hydrogens is 234 g/mol. The molecule has 1 heterocycles. The van der Waals surface area contributed by atoms with E-state index in [2.05, 4.69) is 9.84 Å². The van der Waals surface area contributed by atoms with Gasteiger partial charge in [-0.25, -0.2) is 0 Å². The third-order valence-electron chi connectivity index (χ3n) is 2.73. The Morgan fingerprint density at radius 2 is 2.11 bits per heavy atom. The van der Waals surface area contributed by atoms with Crippen molar-refractivity contribution in [3.8, 4) is 0 Å². The number of esters is 1. The van der Waals surface area contributed by atoms with Crippen LogP contribution >= 0.6 is 0 Å². The lowest BCUT2D eigenvalue weighted by molar-refractivity contribution is -0.141. The quantitative estimate of drug-likeness (QED) is 0.721. The lowest BCUT2D eigenvalue weighted by atomic mass is 10.3. The van der Waals surface area contributed by atoms with Crippen LogP contribution < -0.4 is 0 Å². The van der Waals surface area contributed by atoms with Crippen LogP contribution in [0.25, 0.3) is 0 Å². The van der Waals surface area contributed by atoms with Gasteiger partial charge in [0.15, 0.2) is 0 Å². The number of likely N-dealkylation sites (N-methyl/N-ethyl adjacent to an activating group) is 1. The number of aryl methyl sites for hydroxylation is 2. The molecule has 0 saturated carbocycles. The van der Waals surface area contributed by atoms with E-state index in [1.54, 1.807) is 17.8 Å². The van der Waals surface area contributed by atoms with E-state index in [9.17, 15) is 9.59 Å². The van der Waals surface area contributed by atoms with E-state index < -0.39 is 5.97 Å². The normalized spacial score (nSPS) is 10.2. The Morgan fingerprint density at radius 3 is 2.56 bits per heavy atom. The van der Waals surface area contributed by atoms with Crippen LogP contribution in [0.4, 0.5) is 0 Å². The SMILES string of the molecule is CCc1cc(C(=O)N(CC)CC(=O)OC)n(C)n1. The fourth-order valence-corrected chi connectivity index (χ4v) is 1.61. The van der Waals surface area contributed by atoms with Crippen molar-refractivity contribution in [3.63, 3.8) is 0 Å². The van der Waals surface area contributed by atoms with Gasteiger partial charge in [-0.15, -0.1) is 0 Å². The minimum Gasteiger partial charge on any atom is -0.468 e. The van der Waals surface area contributed by atoms with Crippen molar-refractivity contribution in [2.24, 2.45) is 7.05 Å². The minimum absolute atomic E-state index is 0.0432. The number of rotatable bonds is 5. The average Bonchev–Trinajstić information content (AvgIpc) is 2.76. The summed E-state index contributed by atoms with van der Waals surface area (Å²) in [7, 11) is 3.03. The summed E-state index contributed by atoms with van der Waals surface area (Å²) in [5.74, 6) is -0.638. The Labute approximate surface area is 107 Å². The first-order valence-corrected chi connectivity index (χ1v) is 5.92. The van der Waals surface area contributed by atoms with Crippen LogP contribution in [-0.4, -0.2) is 46.8 Å². The van der Waals surface area contributed by atoms with Gasteiger partial charge in [-0.1, -0.05) is 6.92 Å². The first kappa shape index (κ1) is 14.2. The highest BCUT2D eigenvalue weighted by atomic mass is 16.5. The topological polar surface area (TPSA) is 64.4 Å². The molecule has 0 unspecified atom stereocenters. The standard InChI is InChI=1S/C12H19N3O3/c1-5-9-7-10(14(3)13-9)12(17)15(6-2)8-11(16)18-4/h7H,5-6,8H2,1-4H3. The molecule has 18 heavy (non-hydrogen) atoms. The zero-order valence-electron chi connectivity index (χ0n) is 11.3. The van der Waals surface area contributed by atoms with Gasteiger partial charge >= 0.3 is 5.97 Å². The van der Waals surface area contributed by atoms with Crippen molar-refractivity contribution in [2.45, 2.75) is 20.3 Å². The number of amides is 1. The summed E-state index contributed by atoms with van der Waals surface area (Å²) in [5, 5.41) is 4.22. The molecule has 0 aliphatic carbocycles. The van der Waals surface area contributed by atoms with E-state index in [1.807, 2.05) is 13.8 Å². The highest BCUT2D eigenvalue weighted by Crippen LogP contribution is 2.08. The van der Waals surface area contributed by atoms with E-state index >= 15 is 0 Å². The largest absolute Gasteiger partial charge is 0.468 e. The molecule has 0 N–H and O–H groups in total. The summed E-state index contributed by atoms with van der Waals surface area (Å²) in [5.41, 5.74) is 1.34. The van der Waals surface area contributed by atoms with Gasteiger partial charge in [-0.2, -0.15) is 5.10 Å². The second-order valence-corrected chi connectivity index (χ2v) is 3.89. The molecule has 1 aromatic heterocycles. The maximum atomic E-state index is 12.2. The number of carbonyl (C=O) groups excluding carboxylic acids is 2. The van der Waals surface area contributed by atoms with Crippen molar-refractivity contribution < 1.29 is 14.3 Å².